The maximum absolute atomic E-state index is 2.44. The van der Waals surface area contributed by atoms with Gasteiger partial charge < -0.3 is 9.80 Å². The molecule has 0 saturated heterocycles. The molecule has 1 heterocycles. The molecule has 0 radical (unpaired) electrons. The molecule has 9 aromatic rings. The second-order valence-electron chi connectivity index (χ2n) is 15.2. The summed E-state index contributed by atoms with van der Waals surface area (Å²) in [7, 11) is 0. The maximum Gasteiger partial charge on any atom is 0.0726 e. The van der Waals surface area contributed by atoms with Crippen molar-refractivity contribution < 1.29 is 0 Å². The van der Waals surface area contributed by atoms with Gasteiger partial charge in [-0.2, -0.15) is 0 Å². The molecule has 0 saturated carbocycles. The molecule has 1 spiro atoms. The Labute approximate surface area is 343 Å². The van der Waals surface area contributed by atoms with Crippen molar-refractivity contribution in [1.82, 2.24) is 0 Å². The summed E-state index contributed by atoms with van der Waals surface area (Å²) >= 11 is 1.84. The Morgan fingerprint density at radius 2 is 0.828 bits per heavy atom. The van der Waals surface area contributed by atoms with E-state index >= 15 is 0 Å². The number of hydrogen-bond acceptors (Lipinski definition) is 3. The van der Waals surface area contributed by atoms with Crippen LogP contribution in [0.15, 0.2) is 228 Å². The Morgan fingerprint density at radius 3 is 1.45 bits per heavy atom. The first-order valence-corrected chi connectivity index (χ1v) is 20.8. The van der Waals surface area contributed by atoms with Gasteiger partial charge in [-0.25, -0.2) is 0 Å². The Balaban J connectivity index is 0.969. The van der Waals surface area contributed by atoms with Gasteiger partial charge in [0.1, 0.15) is 0 Å². The summed E-state index contributed by atoms with van der Waals surface area (Å²) < 4.78 is 0. The summed E-state index contributed by atoms with van der Waals surface area (Å²) in [6, 6.07) is 80.3. The van der Waals surface area contributed by atoms with Crippen LogP contribution >= 0.6 is 11.8 Å². The topological polar surface area (TPSA) is 6.48 Å². The highest BCUT2D eigenvalue weighted by Crippen LogP contribution is 2.64. The van der Waals surface area contributed by atoms with E-state index in [2.05, 4.69) is 228 Å². The third-order valence-electron chi connectivity index (χ3n) is 12.3. The molecule has 1 aliphatic heterocycles. The lowest BCUT2D eigenvalue weighted by molar-refractivity contribution is 0.794. The van der Waals surface area contributed by atoms with E-state index in [4.69, 9.17) is 0 Å². The normalized spacial score (nSPS) is 13.6. The van der Waals surface area contributed by atoms with Gasteiger partial charge in [0.15, 0.2) is 0 Å². The molecule has 0 atom stereocenters. The molecule has 3 aliphatic rings. The SMILES string of the molecule is c1ccc(N(c2ccc(-c3ccc(N4c5ccccc5Sc5ccccc54)cc3)cc2)c2cccc3c2-c2ccccc2C32c3ccccc3-c3ccccc32)cc1. The molecule has 0 bridgehead atoms. The fraction of sp³-hybridized carbons (Fsp3) is 0.0182. The molecule has 0 aromatic heterocycles. The van der Waals surface area contributed by atoms with Gasteiger partial charge in [0, 0.05) is 32.4 Å². The van der Waals surface area contributed by atoms with Crippen LogP contribution in [0.5, 0.6) is 0 Å². The second-order valence-corrected chi connectivity index (χ2v) is 16.3. The Bertz CT molecular complexity index is 2950. The van der Waals surface area contributed by atoms with Crippen LogP contribution in [-0.2, 0) is 5.41 Å². The van der Waals surface area contributed by atoms with Crippen LogP contribution in [0.4, 0.5) is 34.1 Å². The fourth-order valence-electron chi connectivity index (χ4n) is 9.90. The van der Waals surface area contributed by atoms with Crippen molar-refractivity contribution in [3.05, 3.63) is 241 Å². The number of rotatable bonds is 5. The first kappa shape index (κ1) is 33.1. The predicted octanol–water partition coefficient (Wildman–Crippen LogP) is 15.1. The molecule has 0 unspecified atom stereocenters. The number of para-hydroxylation sites is 3. The summed E-state index contributed by atoms with van der Waals surface area (Å²) in [5, 5.41) is 0. The summed E-state index contributed by atoms with van der Waals surface area (Å²) in [5.41, 5.74) is 19.6. The molecule has 0 amide bonds. The zero-order valence-electron chi connectivity index (χ0n) is 31.6. The largest absolute Gasteiger partial charge is 0.310 e. The van der Waals surface area contributed by atoms with Crippen molar-refractivity contribution in [3.8, 4) is 33.4 Å². The smallest absolute Gasteiger partial charge is 0.0726 e. The standard InChI is InChI=1S/C55H36N2S/c1-2-15-39(16-3-1)56(40-33-29-37(30-34-40)38-31-35-41(36-32-38)57-49-24-10-12-27-52(49)58-53-28-13-11-25-50(53)57)51-26-14-23-48-54(51)44-19-6-9-22-47(44)55(48)45-20-7-4-17-42(45)43-18-5-8-21-46(43)55/h1-36H. The summed E-state index contributed by atoms with van der Waals surface area (Å²) in [6.07, 6.45) is 0. The third kappa shape index (κ3) is 4.74. The van der Waals surface area contributed by atoms with Gasteiger partial charge in [-0.15, -0.1) is 0 Å². The van der Waals surface area contributed by atoms with E-state index in [0.29, 0.717) is 0 Å². The Morgan fingerprint density at radius 1 is 0.362 bits per heavy atom. The number of anilines is 6. The third-order valence-corrected chi connectivity index (χ3v) is 13.4. The van der Waals surface area contributed by atoms with Crippen LogP contribution in [-0.4, -0.2) is 0 Å². The molecule has 0 N–H and O–H groups in total. The summed E-state index contributed by atoms with van der Waals surface area (Å²) in [6.45, 7) is 0. The quantitative estimate of drug-likeness (QED) is 0.173. The van der Waals surface area contributed by atoms with Crippen LogP contribution in [0.2, 0.25) is 0 Å². The van der Waals surface area contributed by atoms with Gasteiger partial charge in [-0.05, 0) is 117 Å². The first-order valence-electron chi connectivity index (χ1n) is 19.9. The van der Waals surface area contributed by atoms with Crippen LogP contribution < -0.4 is 9.80 Å². The van der Waals surface area contributed by atoms with E-state index < -0.39 is 5.41 Å². The summed E-state index contributed by atoms with van der Waals surface area (Å²) in [4.78, 5) is 7.36. The summed E-state index contributed by atoms with van der Waals surface area (Å²) in [5.74, 6) is 0. The van der Waals surface area contributed by atoms with Gasteiger partial charge in [0.2, 0.25) is 0 Å². The monoisotopic (exact) mass is 756 g/mol. The maximum atomic E-state index is 2.44. The fourth-order valence-corrected chi connectivity index (χ4v) is 11.0. The second kappa shape index (κ2) is 13.0. The molecular weight excluding hydrogens is 721 g/mol. The van der Waals surface area contributed by atoms with E-state index in [1.165, 1.54) is 82.5 Å². The van der Waals surface area contributed by atoms with Crippen molar-refractivity contribution >= 4 is 45.9 Å². The van der Waals surface area contributed by atoms with Gasteiger partial charge in [0.25, 0.3) is 0 Å². The van der Waals surface area contributed by atoms with Crippen molar-refractivity contribution in [1.29, 1.82) is 0 Å². The average Bonchev–Trinajstić information content (AvgIpc) is 3.77. The van der Waals surface area contributed by atoms with Gasteiger partial charge >= 0.3 is 0 Å². The van der Waals surface area contributed by atoms with E-state index in [0.717, 1.165) is 17.1 Å². The number of fused-ring (bicyclic) bond motifs is 12. The number of hydrogen-bond donors (Lipinski definition) is 0. The minimum Gasteiger partial charge on any atom is -0.310 e. The number of benzene rings is 9. The zero-order chi connectivity index (χ0) is 38.2. The van der Waals surface area contributed by atoms with Gasteiger partial charge in [0.05, 0.1) is 22.5 Å². The van der Waals surface area contributed by atoms with E-state index in [1.54, 1.807) is 0 Å². The lowest BCUT2D eigenvalue weighted by Crippen LogP contribution is -2.26. The van der Waals surface area contributed by atoms with E-state index in [9.17, 15) is 0 Å². The molecule has 272 valence electrons. The molecule has 2 nitrogen and oxygen atoms in total. The Kier molecular flexibility index (Phi) is 7.41. The van der Waals surface area contributed by atoms with Gasteiger partial charge in [-0.1, -0.05) is 163 Å². The lowest BCUT2D eigenvalue weighted by Gasteiger charge is -2.32. The number of nitrogens with zero attached hydrogens (tertiary/aromatic N) is 2. The minimum atomic E-state index is -0.398. The van der Waals surface area contributed by atoms with Crippen molar-refractivity contribution in [2.75, 3.05) is 9.80 Å². The molecule has 2 aliphatic carbocycles. The van der Waals surface area contributed by atoms with Crippen LogP contribution in [0, 0.1) is 0 Å². The Hall–Kier alpha value is -7.07. The van der Waals surface area contributed by atoms with Crippen molar-refractivity contribution in [2.45, 2.75) is 15.2 Å². The molecular formula is C55H36N2S. The molecule has 3 heteroatoms. The van der Waals surface area contributed by atoms with Crippen LogP contribution in [0.1, 0.15) is 22.3 Å². The van der Waals surface area contributed by atoms with Crippen molar-refractivity contribution in [2.24, 2.45) is 0 Å². The highest BCUT2D eigenvalue weighted by atomic mass is 32.2. The molecule has 0 fully saturated rings. The van der Waals surface area contributed by atoms with E-state index in [1.807, 2.05) is 11.8 Å². The van der Waals surface area contributed by atoms with E-state index in [-0.39, 0.29) is 0 Å². The highest BCUT2D eigenvalue weighted by molar-refractivity contribution is 7.99. The van der Waals surface area contributed by atoms with Crippen molar-refractivity contribution in [3.63, 3.8) is 0 Å². The average molecular weight is 757 g/mol. The van der Waals surface area contributed by atoms with Gasteiger partial charge in [-0.3, -0.25) is 0 Å². The first-order chi connectivity index (χ1) is 28.8. The highest BCUT2D eigenvalue weighted by Gasteiger charge is 2.52. The molecule has 58 heavy (non-hydrogen) atoms. The zero-order valence-corrected chi connectivity index (χ0v) is 32.4. The minimum absolute atomic E-state index is 0.398. The predicted molar refractivity (Wildman–Crippen MR) is 242 cm³/mol. The molecule has 12 rings (SSSR count). The molecule has 9 aromatic carbocycles. The van der Waals surface area contributed by atoms with Crippen LogP contribution in [0.3, 0.4) is 0 Å². The lowest BCUT2D eigenvalue weighted by atomic mass is 9.70. The van der Waals surface area contributed by atoms with Crippen LogP contribution in [0.25, 0.3) is 33.4 Å².